The number of nitro benzene ring substituents is 1. The minimum Gasteiger partial charge on any atom is -0.456 e. The second-order valence-electron chi connectivity index (χ2n) is 5.38. The van der Waals surface area contributed by atoms with Crippen LogP contribution in [0.25, 0.3) is 0 Å². The second-order valence-corrected chi connectivity index (χ2v) is 7.54. The van der Waals surface area contributed by atoms with Gasteiger partial charge in [0.25, 0.3) is 11.6 Å². The van der Waals surface area contributed by atoms with Gasteiger partial charge in [0.05, 0.1) is 21.8 Å². The summed E-state index contributed by atoms with van der Waals surface area (Å²) in [5.74, 6) is -1.68. The number of nitrogens with one attached hydrogen (secondary N) is 1. The van der Waals surface area contributed by atoms with Gasteiger partial charge in [-0.1, -0.05) is 11.6 Å². The Bertz CT molecular complexity index is 1060. The summed E-state index contributed by atoms with van der Waals surface area (Å²) in [6.07, 6.45) is -3.94. The van der Waals surface area contributed by atoms with Crippen LogP contribution < -0.4 is 39.0 Å². The normalized spacial score (nSPS) is 11.3. The van der Waals surface area contributed by atoms with Gasteiger partial charge in [-0.05, 0) is 24.3 Å². The van der Waals surface area contributed by atoms with Gasteiger partial charge in [-0.25, -0.2) is 13.1 Å². The average Bonchev–Trinajstić information content (AvgIpc) is 2.54. The predicted molar refractivity (Wildman–Crippen MR) is 91.9 cm³/mol. The maximum atomic E-state index is 12.7. The van der Waals surface area contributed by atoms with E-state index in [1.165, 1.54) is 0 Å². The largest absolute Gasteiger partial charge is 1.00 e. The van der Waals surface area contributed by atoms with Crippen LogP contribution in [0.3, 0.4) is 0 Å². The van der Waals surface area contributed by atoms with E-state index >= 15 is 0 Å². The molecule has 0 spiro atoms. The minimum atomic E-state index is -4.62. The van der Waals surface area contributed by atoms with Crippen molar-refractivity contribution >= 4 is 33.2 Å². The van der Waals surface area contributed by atoms with Crippen molar-refractivity contribution in [3.05, 3.63) is 62.7 Å². The topological polar surface area (TPSA) is 116 Å². The zero-order valence-corrected chi connectivity index (χ0v) is 18.4. The average molecular weight is 462 g/mol. The van der Waals surface area contributed by atoms with Crippen molar-refractivity contribution in [3.63, 3.8) is 0 Å². The van der Waals surface area contributed by atoms with Crippen LogP contribution in [0.1, 0.15) is 15.9 Å². The number of sulfonamides is 1. The molecule has 2 rings (SSSR count). The molecule has 1 N–H and O–H groups in total. The van der Waals surface area contributed by atoms with Crippen molar-refractivity contribution < 1.29 is 65.6 Å². The number of rotatable bonds is 5. The van der Waals surface area contributed by atoms with Crippen LogP contribution in [0, 0.1) is 10.1 Å². The first-order valence-electron chi connectivity index (χ1n) is 7.13. The van der Waals surface area contributed by atoms with Gasteiger partial charge in [0.1, 0.15) is 17.1 Å². The summed E-state index contributed by atoms with van der Waals surface area (Å²) < 4.78 is 67.2. The molecule has 0 atom stereocenters. The third kappa shape index (κ3) is 6.85. The summed E-state index contributed by atoms with van der Waals surface area (Å²) >= 11 is 5.76. The molecule has 0 heterocycles. The third-order valence-electron chi connectivity index (χ3n) is 3.17. The molecule has 2 aromatic carbocycles. The van der Waals surface area contributed by atoms with Crippen LogP contribution >= 0.6 is 11.6 Å². The first-order valence-corrected chi connectivity index (χ1v) is 9.40. The van der Waals surface area contributed by atoms with Gasteiger partial charge in [0.2, 0.25) is 10.0 Å². The Labute approximate surface area is 189 Å². The van der Waals surface area contributed by atoms with Crippen molar-refractivity contribution in [1.29, 1.82) is 0 Å². The molecular weight excluding hydrogens is 452 g/mol. The molecule has 0 fully saturated rings. The standard InChI is InChI=1S/C15H10ClF3N2O6S.Na/c1-28(25,26)20-14(22)10-7-9(3-4-12(10)21(23)24)27-13-5-2-8(6-11(13)16)15(17,18)19;/h2-7H,1H3,(H,20,22);/q;+1. The first kappa shape index (κ1) is 25.2. The molecule has 0 radical (unpaired) electrons. The zero-order valence-electron chi connectivity index (χ0n) is 14.8. The number of nitro groups is 1. The second kappa shape index (κ2) is 9.30. The molecule has 1 amide bonds. The summed E-state index contributed by atoms with van der Waals surface area (Å²) in [7, 11) is -4.00. The number of alkyl halides is 3. The van der Waals surface area contributed by atoms with Crippen LogP contribution in [0.15, 0.2) is 36.4 Å². The summed E-state index contributed by atoms with van der Waals surface area (Å²) in [6.45, 7) is 0. The number of hydrogen-bond donors (Lipinski definition) is 1. The molecule has 0 aliphatic carbocycles. The Kier molecular flexibility index (Phi) is 8.08. The van der Waals surface area contributed by atoms with Crippen LogP contribution in [0.4, 0.5) is 18.9 Å². The van der Waals surface area contributed by atoms with Crippen LogP contribution in [-0.4, -0.2) is 25.5 Å². The number of nitrogens with zero attached hydrogens (tertiary/aromatic N) is 1. The van der Waals surface area contributed by atoms with Crippen LogP contribution in [0.2, 0.25) is 5.02 Å². The van der Waals surface area contributed by atoms with Gasteiger partial charge >= 0.3 is 35.7 Å². The quantitative estimate of drug-likeness (QED) is 0.399. The zero-order chi connectivity index (χ0) is 21.3. The van der Waals surface area contributed by atoms with Crippen molar-refractivity contribution in [2.24, 2.45) is 0 Å². The Hall–Kier alpha value is -1.86. The van der Waals surface area contributed by atoms with Crippen LogP contribution in [-0.2, 0) is 16.2 Å². The molecule has 150 valence electrons. The SMILES string of the molecule is CS(=O)(=O)NC(=O)c1cc(Oc2ccc(C(F)(F)F)cc2Cl)ccc1[N+](=O)[O-].[Na+]. The Balaban J connectivity index is 0.00000420. The molecule has 0 saturated heterocycles. The molecule has 0 unspecified atom stereocenters. The third-order valence-corrected chi connectivity index (χ3v) is 4.03. The molecule has 29 heavy (non-hydrogen) atoms. The van der Waals surface area contributed by atoms with E-state index in [4.69, 9.17) is 16.3 Å². The number of carbonyl (C=O) groups is 1. The number of hydrogen-bond acceptors (Lipinski definition) is 6. The summed E-state index contributed by atoms with van der Waals surface area (Å²) in [4.78, 5) is 22.2. The van der Waals surface area contributed by atoms with Gasteiger partial charge in [-0.3, -0.25) is 14.9 Å². The van der Waals surface area contributed by atoms with E-state index < -0.39 is 48.9 Å². The van der Waals surface area contributed by atoms with Gasteiger partial charge in [0.15, 0.2) is 0 Å². The summed E-state index contributed by atoms with van der Waals surface area (Å²) in [5.41, 5.74) is -2.34. The molecule has 0 aliphatic rings. The van der Waals surface area contributed by atoms with E-state index in [1.807, 2.05) is 0 Å². The van der Waals surface area contributed by atoms with E-state index in [0.29, 0.717) is 18.4 Å². The molecular formula is C15H10ClF3N2NaO6S+. The summed E-state index contributed by atoms with van der Waals surface area (Å²) in [6, 6.07) is 5.09. The van der Waals surface area contributed by atoms with Crippen LogP contribution in [0.5, 0.6) is 11.5 Å². The van der Waals surface area contributed by atoms with Gasteiger partial charge in [-0.2, -0.15) is 13.2 Å². The fraction of sp³-hybridized carbons (Fsp3) is 0.133. The van der Waals surface area contributed by atoms with E-state index in [1.54, 1.807) is 4.72 Å². The number of benzene rings is 2. The predicted octanol–water partition coefficient (Wildman–Crippen LogP) is 0.753. The number of amides is 1. The molecule has 8 nitrogen and oxygen atoms in total. The van der Waals surface area contributed by atoms with Crippen molar-refractivity contribution in [2.45, 2.75) is 6.18 Å². The first-order chi connectivity index (χ1) is 12.8. The summed E-state index contributed by atoms with van der Waals surface area (Å²) in [5, 5.41) is 10.7. The molecule has 0 bridgehead atoms. The number of ether oxygens (including phenoxy) is 1. The fourth-order valence-electron chi connectivity index (χ4n) is 2.03. The van der Waals surface area contributed by atoms with E-state index in [9.17, 15) is 36.5 Å². The molecule has 14 heteroatoms. The van der Waals surface area contributed by atoms with Crippen molar-refractivity contribution in [1.82, 2.24) is 4.72 Å². The Morgan fingerprint density at radius 3 is 2.31 bits per heavy atom. The number of carbonyl (C=O) groups excluding carboxylic acids is 1. The van der Waals surface area contributed by atoms with E-state index in [-0.39, 0.29) is 41.1 Å². The fourth-order valence-corrected chi connectivity index (χ4v) is 2.70. The van der Waals surface area contributed by atoms with E-state index in [0.717, 1.165) is 24.3 Å². The maximum absolute atomic E-state index is 12.7. The smallest absolute Gasteiger partial charge is 0.456 e. The monoisotopic (exact) mass is 461 g/mol. The molecule has 0 aliphatic heterocycles. The van der Waals surface area contributed by atoms with Crippen molar-refractivity contribution in [2.75, 3.05) is 6.26 Å². The minimum absolute atomic E-state index is 0. The Morgan fingerprint density at radius 1 is 1.21 bits per heavy atom. The molecule has 0 saturated carbocycles. The Morgan fingerprint density at radius 2 is 1.83 bits per heavy atom. The molecule has 0 aromatic heterocycles. The molecule has 2 aromatic rings. The maximum Gasteiger partial charge on any atom is 1.00 e. The van der Waals surface area contributed by atoms with E-state index in [2.05, 4.69) is 0 Å². The van der Waals surface area contributed by atoms with Gasteiger partial charge in [-0.15, -0.1) is 0 Å². The van der Waals surface area contributed by atoms with Gasteiger partial charge < -0.3 is 4.74 Å². The van der Waals surface area contributed by atoms with Crippen molar-refractivity contribution in [3.8, 4) is 11.5 Å². The number of halogens is 4. The van der Waals surface area contributed by atoms with Gasteiger partial charge in [0, 0.05) is 12.1 Å².